The summed E-state index contributed by atoms with van der Waals surface area (Å²) < 4.78 is 2.24. The zero-order valence-electron chi connectivity index (χ0n) is 10.9. The van der Waals surface area contributed by atoms with Crippen molar-refractivity contribution in [2.24, 2.45) is 5.92 Å². The van der Waals surface area contributed by atoms with Gasteiger partial charge >= 0.3 is 0 Å². The molecule has 1 N–H and O–H groups in total. The van der Waals surface area contributed by atoms with Crippen LogP contribution < -0.4 is 5.32 Å². The minimum absolute atomic E-state index is 0.507. The molecule has 0 saturated carbocycles. The van der Waals surface area contributed by atoms with Gasteiger partial charge in [0.25, 0.3) is 0 Å². The maximum Gasteiger partial charge on any atom is 0.0958 e. The zero-order chi connectivity index (χ0) is 12.3. The lowest BCUT2D eigenvalue weighted by molar-refractivity contribution is 0.402. The minimum Gasteiger partial charge on any atom is -0.329 e. The van der Waals surface area contributed by atoms with Crippen molar-refractivity contribution in [3.8, 4) is 0 Å². The lowest BCUT2D eigenvalue weighted by Crippen LogP contribution is -2.31. The van der Waals surface area contributed by atoms with Crippen LogP contribution in [0, 0.1) is 5.92 Å². The Balaban J connectivity index is 2.16. The van der Waals surface area contributed by atoms with Gasteiger partial charge in [-0.1, -0.05) is 26.0 Å². The maximum atomic E-state index is 4.42. The molecule has 3 nitrogen and oxygen atoms in total. The first-order chi connectivity index (χ1) is 8.20. The Labute approximate surface area is 103 Å². The van der Waals surface area contributed by atoms with Gasteiger partial charge in [-0.25, -0.2) is 4.98 Å². The summed E-state index contributed by atoms with van der Waals surface area (Å²) in [6, 6.07) is 8.79. The Morgan fingerprint density at radius 2 is 2.06 bits per heavy atom. The third-order valence-electron chi connectivity index (χ3n) is 3.11. The average molecular weight is 231 g/mol. The van der Waals surface area contributed by atoms with Crippen LogP contribution in [0.4, 0.5) is 0 Å². The third-order valence-corrected chi connectivity index (χ3v) is 3.11. The maximum absolute atomic E-state index is 4.42. The number of rotatable bonds is 5. The van der Waals surface area contributed by atoms with Crippen molar-refractivity contribution in [3.05, 3.63) is 30.6 Å². The number of benzene rings is 1. The molecule has 0 bridgehead atoms. The predicted octanol–water partition coefficient (Wildman–Crippen LogP) is 2.67. The molecule has 1 heterocycles. The van der Waals surface area contributed by atoms with Crippen molar-refractivity contribution < 1.29 is 0 Å². The van der Waals surface area contributed by atoms with Crippen LogP contribution in [0.15, 0.2) is 30.6 Å². The first-order valence-corrected chi connectivity index (χ1v) is 6.28. The van der Waals surface area contributed by atoms with E-state index in [-0.39, 0.29) is 0 Å². The van der Waals surface area contributed by atoms with Crippen LogP contribution in [0.2, 0.25) is 0 Å². The van der Waals surface area contributed by atoms with E-state index in [2.05, 4.69) is 46.9 Å². The predicted molar refractivity (Wildman–Crippen MR) is 72.0 cm³/mol. The smallest absolute Gasteiger partial charge is 0.0958 e. The van der Waals surface area contributed by atoms with E-state index in [0.29, 0.717) is 12.0 Å². The quantitative estimate of drug-likeness (QED) is 0.857. The Hall–Kier alpha value is -1.35. The summed E-state index contributed by atoms with van der Waals surface area (Å²) >= 11 is 0. The first-order valence-electron chi connectivity index (χ1n) is 6.28. The number of nitrogens with one attached hydrogen (secondary N) is 1. The number of hydrogen-bond donors (Lipinski definition) is 1. The fraction of sp³-hybridized carbons (Fsp3) is 0.500. The summed E-state index contributed by atoms with van der Waals surface area (Å²) in [6.07, 6.45) is 3.12. The Kier molecular flexibility index (Phi) is 3.79. The molecule has 1 atom stereocenters. The molecule has 0 radical (unpaired) electrons. The highest BCUT2D eigenvalue weighted by molar-refractivity contribution is 5.74. The van der Waals surface area contributed by atoms with Crippen molar-refractivity contribution in [2.75, 3.05) is 7.05 Å². The Morgan fingerprint density at radius 1 is 1.29 bits per heavy atom. The molecule has 0 aliphatic rings. The van der Waals surface area contributed by atoms with E-state index < -0.39 is 0 Å². The Bertz CT molecular complexity index is 473. The van der Waals surface area contributed by atoms with Gasteiger partial charge in [-0.3, -0.25) is 0 Å². The highest BCUT2D eigenvalue weighted by atomic mass is 15.1. The van der Waals surface area contributed by atoms with Crippen LogP contribution in [-0.2, 0) is 6.54 Å². The minimum atomic E-state index is 0.507. The summed E-state index contributed by atoms with van der Waals surface area (Å²) in [5, 5.41) is 3.39. The molecule has 0 spiro atoms. The lowest BCUT2D eigenvalue weighted by atomic mass is 10.0. The third kappa shape index (κ3) is 2.86. The van der Waals surface area contributed by atoms with Gasteiger partial charge < -0.3 is 9.88 Å². The molecule has 0 saturated heterocycles. The molecule has 1 aromatic heterocycles. The van der Waals surface area contributed by atoms with Crippen molar-refractivity contribution in [2.45, 2.75) is 32.9 Å². The highest BCUT2D eigenvalue weighted by Crippen LogP contribution is 2.14. The van der Waals surface area contributed by atoms with E-state index in [1.54, 1.807) is 0 Å². The summed E-state index contributed by atoms with van der Waals surface area (Å²) in [7, 11) is 2.03. The van der Waals surface area contributed by atoms with Crippen molar-refractivity contribution in [3.63, 3.8) is 0 Å². The molecule has 2 aromatic rings. The van der Waals surface area contributed by atoms with Gasteiger partial charge in [-0.15, -0.1) is 0 Å². The van der Waals surface area contributed by atoms with E-state index in [9.17, 15) is 0 Å². The van der Waals surface area contributed by atoms with Crippen LogP contribution in [0.1, 0.15) is 20.3 Å². The fourth-order valence-electron chi connectivity index (χ4n) is 2.25. The summed E-state index contributed by atoms with van der Waals surface area (Å²) in [5.41, 5.74) is 2.29. The van der Waals surface area contributed by atoms with Gasteiger partial charge in [-0.2, -0.15) is 0 Å². The Morgan fingerprint density at radius 3 is 2.76 bits per heavy atom. The van der Waals surface area contributed by atoms with Crippen LogP contribution in [-0.4, -0.2) is 22.6 Å². The average Bonchev–Trinajstić information content (AvgIpc) is 2.71. The number of likely N-dealkylation sites (N-methyl/N-ethyl adjacent to an activating group) is 1. The highest BCUT2D eigenvalue weighted by Gasteiger charge is 2.10. The van der Waals surface area contributed by atoms with E-state index in [0.717, 1.165) is 12.1 Å². The van der Waals surface area contributed by atoms with Crippen molar-refractivity contribution in [1.82, 2.24) is 14.9 Å². The number of aromatic nitrogens is 2. The van der Waals surface area contributed by atoms with E-state index in [1.165, 1.54) is 11.9 Å². The fourth-order valence-corrected chi connectivity index (χ4v) is 2.25. The molecule has 17 heavy (non-hydrogen) atoms. The molecule has 0 amide bonds. The normalized spacial score (nSPS) is 13.4. The van der Waals surface area contributed by atoms with Crippen molar-refractivity contribution >= 4 is 11.0 Å². The topological polar surface area (TPSA) is 29.9 Å². The molecule has 0 aliphatic heterocycles. The van der Waals surface area contributed by atoms with E-state index in [4.69, 9.17) is 0 Å². The molecule has 92 valence electrons. The van der Waals surface area contributed by atoms with Gasteiger partial charge in [0.1, 0.15) is 0 Å². The number of hydrogen-bond acceptors (Lipinski definition) is 2. The second-order valence-electron chi connectivity index (χ2n) is 5.00. The second-order valence-corrected chi connectivity index (χ2v) is 5.00. The molecular formula is C14H21N3. The second kappa shape index (κ2) is 5.32. The molecule has 1 aromatic carbocycles. The van der Waals surface area contributed by atoms with E-state index in [1.807, 2.05) is 19.4 Å². The number of para-hydroxylation sites is 2. The molecule has 0 aliphatic carbocycles. The lowest BCUT2D eigenvalue weighted by Gasteiger charge is -2.19. The zero-order valence-corrected chi connectivity index (χ0v) is 10.9. The van der Waals surface area contributed by atoms with Gasteiger partial charge in [0.15, 0.2) is 0 Å². The van der Waals surface area contributed by atoms with E-state index >= 15 is 0 Å². The van der Waals surface area contributed by atoms with Gasteiger partial charge in [0.05, 0.1) is 17.4 Å². The number of imidazole rings is 1. The standard InChI is InChI=1S/C14H21N3/c1-11(2)8-12(15-3)9-17-10-16-13-6-4-5-7-14(13)17/h4-7,10-12,15H,8-9H2,1-3H3. The SMILES string of the molecule is CNC(CC(C)C)Cn1cnc2ccccc21. The monoisotopic (exact) mass is 231 g/mol. The largest absolute Gasteiger partial charge is 0.329 e. The molecule has 3 heteroatoms. The van der Waals surface area contributed by atoms with Gasteiger partial charge in [0, 0.05) is 12.6 Å². The summed E-state index contributed by atoms with van der Waals surface area (Å²) in [4.78, 5) is 4.42. The summed E-state index contributed by atoms with van der Waals surface area (Å²) in [6.45, 7) is 5.50. The molecular weight excluding hydrogens is 210 g/mol. The van der Waals surface area contributed by atoms with Gasteiger partial charge in [-0.05, 0) is 31.5 Å². The first kappa shape index (κ1) is 12.1. The van der Waals surface area contributed by atoms with Crippen LogP contribution in [0.5, 0.6) is 0 Å². The van der Waals surface area contributed by atoms with Crippen molar-refractivity contribution in [1.29, 1.82) is 0 Å². The van der Waals surface area contributed by atoms with Crippen LogP contribution >= 0.6 is 0 Å². The summed E-state index contributed by atoms with van der Waals surface area (Å²) in [5.74, 6) is 0.710. The number of nitrogens with zero attached hydrogens (tertiary/aromatic N) is 2. The van der Waals surface area contributed by atoms with Gasteiger partial charge in [0.2, 0.25) is 0 Å². The van der Waals surface area contributed by atoms with Crippen LogP contribution in [0.25, 0.3) is 11.0 Å². The molecule has 2 rings (SSSR count). The molecule has 1 unspecified atom stereocenters. The molecule has 0 fully saturated rings. The number of fused-ring (bicyclic) bond motifs is 1. The van der Waals surface area contributed by atoms with Crippen LogP contribution in [0.3, 0.4) is 0 Å².